The highest BCUT2D eigenvalue weighted by Crippen LogP contribution is 2.34. The van der Waals surface area contributed by atoms with E-state index >= 15 is 0 Å². The molecule has 0 aromatic heterocycles. The minimum Gasteiger partial charge on any atom is -0.489 e. The van der Waals surface area contributed by atoms with E-state index in [1.807, 2.05) is 0 Å². The zero-order chi connectivity index (χ0) is 15.1. The lowest BCUT2D eigenvalue weighted by molar-refractivity contribution is 0.228. The predicted octanol–water partition coefficient (Wildman–Crippen LogP) is 4.32. The summed E-state index contributed by atoms with van der Waals surface area (Å²) in [6, 6.07) is 6.81. The lowest BCUT2D eigenvalue weighted by atomic mass is 10.00. The van der Waals surface area contributed by atoms with Gasteiger partial charge < -0.3 is 14.8 Å². The van der Waals surface area contributed by atoms with E-state index in [0.29, 0.717) is 12.0 Å². The molecule has 1 aromatic rings. The van der Waals surface area contributed by atoms with Crippen LogP contribution in [0.2, 0.25) is 0 Å². The van der Waals surface area contributed by atoms with Gasteiger partial charge in [-0.2, -0.15) is 0 Å². The minimum atomic E-state index is 0.413. The maximum absolute atomic E-state index is 5.90. The summed E-state index contributed by atoms with van der Waals surface area (Å²) in [5.41, 5.74) is 1.31. The molecule has 2 unspecified atom stereocenters. The highest BCUT2D eigenvalue weighted by atomic mass is 16.5. The van der Waals surface area contributed by atoms with Gasteiger partial charge in [-0.05, 0) is 30.7 Å². The van der Waals surface area contributed by atoms with Gasteiger partial charge in [0.15, 0.2) is 11.5 Å². The molecular formula is C18H29NO2. The van der Waals surface area contributed by atoms with Crippen molar-refractivity contribution in [2.75, 3.05) is 19.8 Å². The van der Waals surface area contributed by atoms with E-state index in [-0.39, 0.29) is 0 Å². The molecule has 3 nitrogen and oxygen atoms in total. The lowest BCUT2D eigenvalue weighted by Gasteiger charge is -2.19. The normalized spacial score (nSPS) is 19.1. The topological polar surface area (TPSA) is 30.5 Å². The number of ether oxygens (including phenoxy) is 2. The molecule has 0 radical (unpaired) electrons. The molecular weight excluding hydrogens is 262 g/mol. The van der Waals surface area contributed by atoms with Crippen molar-refractivity contribution in [1.29, 1.82) is 0 Å². The molecule has 0 saturated carbocycles. The molecule has 0 fully saturated rings. The number of unbranched alkanes of at least 4 members (excludes halogenated alkanes) is 2. The third-order valence-electron chi connectivity index (χ3n) is 3.96. The van der Waals surface area contributed by atoms with Gasteiger partial charge in [0, 0.05) is 12.0 Å². The lowest BCUT2D eigenvalue weighted by Crippen LogP contribution is -2.20. The van der Waals surface area contributed by atoms with E-state index in [4.69, 9.17) is 9.47 Å². The van der Waals surface area contributed by atoms with Crippen LogP contribution in [0.25, 0.3) is 0 Å². The fraction of sp³-hybridized carbons (Fsp3) is 0.667. The van der Waals surface area contributed by atoms with Gasteiger partial charge in [0.2, 0.25) is 0 Å². The molecule has 1 aliphatic heterocycles. The van der Waals surface area contributed by atoms with Crippen molar-refractivity contribution < 1.29 is 9.47 Å². The van der Waals surface area contributed by atoms with Crippen molar-refractivity contribution >= 4 is 0 Å². The van der Waals surface area contributed by atoms with Gasteiger partial charge in [-0.1, -0.05) is 46.1 Å². The molecule has 2 rings (SSSR count). The Morgan fingerprint density at radius 2 is 1.90 bits per heavy atom. The van der Waals surface area contributed by atoms with E-state index in [0.717, 1.165) is 31.3 Å². The standard InChI is InChI=1S/C18H29NO2/c1-4-6-7-8-16(19-5-2)15-9-10-17-18(11-15)21-13-14(3)12-20-17/h9-11,14,16,19H,4-8,12-13H2,1-3H3. The molecule has 21 heavy (non-hydrogen) atoms. The van der Waals surface area contributed by atoms with E-state index in [1.54, 1.807) is 0 Å². The Morgan fingerprint density at radius 1 is 1.14 bits per heavy atom. The van der Waals surface area contributed by atoms with Crippen molar-refractivity contribution in [3.63, 3.8) is 0 Å². The first-order valence-corrected chi connectivity index (χ1v) is 8.37. The molecule has 1 aliphatic rings. The number of rotatable bonds is 7. The van der Waals surface area contributed by atoms with Crippen LogP contribution in [0.5, 0.6) is 11.5 Å². The largest absolute Gasteiger partial charge is 0.489 e. The summed E-state index contributed by atoms with van der Waals surface area (Å²) in [5, 5.41) is 3.59. The van der Waals surface area contributed by atoms with Crippen LogP contribution in [0.15, 0.2) is 18.2 Å². The first-order valence-electron chi connectivity index (χ1n) is 8.37. The summed E-state index contributed by atoms with van der Waals surface area (Å²) in [6.45, 7) is 9.02. The summed E-state index contributed by atoms with van der Waals surface area (Å²) < 4.78 is 11.7. The van der Waals surface area contributed by atoms with Crippen molar-refractivity contribution in [2.24, 2.45) is 5.92 Å². The van der Waals surface area contributed by atoms with Gasteiger partial charge in [-0.15, -0.1) is 0 Å². The summed E-state index contributed by atoms with van der Waals surface area (Å²) in [6.07, 6.45) is 5.00. The van der Waals surface area contributed by atoms with Crippen LogP contribution in [0.3, 0.4) is 0 Å². The Hall–Kier alpha value is -1.22. The molecule has 0 bridgehead atoms. The Balaban J connectivity index is 2.10. The Kier molecular flexibility index (Phi) is 6.37. The average Bonchev–Trinajstić information content (AvgIpc) is 2.68. The third kappa shape index (κ3) is 4.63. The van der Waals surface area contributed by atoms with E-state index in [2.05, 4.69) is 44.3 Å². The molecule has 3 heteroatoms. The predicted molar refractivity (Wildman–Crippen MR) is 87.2 cm³/mol. The number of benzene rings is 1. The van der Waals surface area contributed by atoms with Gasteiger partial charge >= 0.3 is 0 Å². The Bertz CT molecular complexity index is 433. The van der Waals surface area contributed by atoms with E-state index in [1.165, 1.54) is 31.2 Å². The number of nitrogens with one attached hydrogen (secondary N) is 1. The highest BCUT2D eigenvalue weighted by Gasteiger charge is 2.18. The van der Waals surface area contributed by atoms with Crippen molar-refractivity contribution in [3.8, 4) is 11.5 Å². The van der Waals surface area contributed by atoms with Gasteiger partial charge in [0.05, 0.1) is 13.2 Å². The van der Waals surface area contributed by atoms with Crippen LogP contribution in [0.4, 0.5) is 0 Å². The highest BCUT2D eigenvalue weighted by molar-refractivity contribution is 5.44. The maximum Gasteiger partial charge on any atom is 0.161 e. The minimum absolute atomic E-state index is 0.413. The van der Waals surface area contributed by atoms with E-state index < -0.39 is 0 Å². The van der Waals surface area contributed by atoms with Crippen LogP contribution < -0.4 is 14.8 Å². The zero-order valence-corrected chi connectivity index (χ0v) is 13.7. The Labute approximate surface area is 129 Å². The van der Waals surface area contributed by atoms with Crippen LogP contribution in [-0.4, -0.2) is 19.8 Å². The maximum atomic E-state index is 5.90. The summed E-state index contributed by atoms with van der Waals surface area (Å²) in [5.74, 6) is 2.22. The van der Waals surface area contributed by atoms with Crippen LogP contribution in [0.1, 0.15) is 58.1 Å². The second-order valence-corrected chi connectivity index (χ2v) is 6.04. The second kappa shape index (κ2) is 8.28. The van der Waals surface area contributed by atoms with Crippen molar-refractivity contribution in [2.45, 2.75) is 52.5 Å². The molecule has 118 valence electrons. The van der Waals surface area contributed by atoms with Crippen molar-refractivity contribution in [1.82, 2.24) is 5.32 Å². The molecule has 2 atom stereocenters. The molecule has 0 spiro atoms. The number of fused-ring (bicyclic) bond motifs is 1. The summed E-state index contributed by atoms with van der Waals surface area (Å²) in [7, 11) is 0. The monoisotopic (exact) mass is 291 g/mol. The number of hydrogen-bond acceptors (Lipinski definition) is 3. The third-order valence-corrected chi connectivity index (χ3v) is 3.96. The fourth-order valence-corrected chi connectivity index (χ4v) is 2.72. The first kappa shape index (κ1) is 16.2. The molecule has 0 saturated heterocycles. The summed E-state index contributed by atoms with van der Waals surface area (Å²) in [4.78, 5) is 0. The van der Waals surface area contributed by atoms with Gasteiger partial charge in [-0.3, -0.25) is 0 Å². The molecule has 0 amide bonds. The van der Waals surface area contributed by atoms with Gasteiger partial charge in [0.25, 0.3) is 0 Å². The SMILES string of the molecule is CCCCCC(NCC)c1ccc2c(c1)OCC(C)CO2. The zero-order valence-electron chi connectivity index (χ0n) is 13.7. The molecule has 1 aromatic carbocycles. The molecule has 1 heterocycles. The van der Waals surface area contributed by atoms with Crippen LogP contribution in [0, 0.1) is 5.92 Å². The first-order chi connectivity index (χ1) is 10.2. The number of hydrogen-bond donors (Lipinski definition) is 1. The Morgan fingerprint density at radius 3 is 2.62 bits per heavy atom. The summed E-state index contributed by atoms with van der Waals surface area (Å²) >= 11 is 0. The van der Waals surface area contributed by atoms with Crippen molar-refractivity contribution in [3.05, 3.63) is 23.8 Å². The van der Waals surface area contributed by atoms with Crippen LogP contribution in [-0.2, 0) is 0 Å². The smallest absolute Gasteiger partial charge is 0.161 e. The van der Waals surface area contributed by atoms with Gasteiger partial charge in [-0.25, -0.2) is 0 Å². The van der Waals surface area contributed by atoms with E-state index in [9.17, 15) is 0 Å². The molecule has 1 N–H and O–H groups in total. The van der Waals surface area contributed by atoms with Gasteiger partial charge in [0.1, 0.15) is 0 Å². The quantitative estimate of drug-likeness (QED) is 0.759. The fourth-order valence-electron chi connectivity index (χ4n) is 2.72. The second-order valence-electron chi connectivity index (χ2n) is 6.04. The molecule has 0 aliphatic carbocycles. The van der Waals surface area contributed by atoms with Crippen LogP contribution >= 0.6 is 0 Å². The average molecular weight is 291 g/mol.